The van der Waals surface area contributed by atoms with Crippen LogP contribution in [-0.4, -0.2) is 43.9 Å². The summed E-state index contributed by atoms with van der Waals surface area (Å²) < 4.78 is 31.4. The van der Waals surface area contributed by atoms with E-state index in [-0.39, 0.29) is 37.1 Å². The van der Waals surface area contributed by atoms with E-state index >= 15 is 0 Å². The van der Waals surface area contributed by atoms with Gasteiger partial charge in [0.05, 0.1) is 19.0 Å². The third-order valence-electron chi connectivity index (χ3n) is 2.11. The maximum Gasteiger partial charge on any atom is 0.406 e. The van der Waals surface area contributed by atoms with Crippen LogP contribution in [0.3, 0.4) is 0 Å². The molecule has 0 aromatic carbocycles. The second kappa shape index (κ2) is 7.36. The minimum atomic E-state index is -3.58. The first-order chi connectivity index (χ1) is 9.29. The zero-order valence-electron chi connectivity index (χ0n) is 10.6. The fourth-order valence-corrected chi connectivity index (χ4v) is 1.75. The van der Waals surface area contributed by atoms with Gasteiger partial charge in [-0.05, 0) is 22.0 Å². The highest BCUT2D eigenvalue weighted by atomic mass is 35.7. The van der Waals surface area contributed by atoms with Crippen LogP contribution in [-0.2, 0) is 13.8 Å². The zero-order valence-corrected chi connectivity index (χ0v) is 12.2. The van der Waals surface area contributed by atoms with Gasteiger partial charge in [-0.2, -0.15) is 0 Å². The minimum Gasteiger partial charge on any atom is -0.483 e. The quantitative estimate of drug-likeness (QED) is 0.306. The van der Waals surface area contributed by atoms with Crippen molar-refractivity contribution in [3.8, 4) is 5.75 Å². The van der Waals surface area contributed by atoms with Crippen molar-refractivity contribution in [2.24, 2.45) is 0 Å². The lowest BCUT2D eigenvalue weighted by Gasteiger charge is -2.07. The standard InChI is InChI=1S/C10H13ClN2O6S/c1-8-2-3-9(10(12-8)13(14)15)19-5-4-18-6-7-20(11,16)17/h2-3H,4-7H2,1H3. The molecule has 0 aliphatic heterocycles. The summed E-state index contributed by atoms with van der Waals surface area (Å²) in [6.45, 7) is 1.68. The van der Waals surface area contributed by atoms with E-state index < -0.39 is 14.0 Å². The highest BCUT2D eigenvalue weighted by Gasteiger charge is 2.17. The molecule has 0 aliphatic rings. The molecule has 1 heterocycles. The summed E-state index contributed by atoms with van der Waals surface area (Å²) in [6, 6.07) is 3.03. The largest absolute Gasteiger partial charge is 0.483 e. The van der Waals surface area contributed by atoms with E-state index in [1.807, 2.05) is 0 Å². The number of halogens is 1. The van der Waals surface area contributed by atoms with Gasteiger partial charge in [-0.1, -0.05) is 0 Å². The topological polar surface area (TPSA) is 109 Å². The van der Waals surface area contributed by atoms with Crippen molar-refractivity contribution in [2.45, 2.75) is 6.92 Å². The van der Waals surface area contributed by atoms with Gasteiger partial charge in [0.1, 0.15) is 12.3 Å². The van der Waals surface area contributed by atoms with Crippen LogP contribution in [0.1, 0.15) is 5.69 Å². The van der Waals surface area contributed by atoms with Crippen molar-refractivity contribution in [2.75, 3.05) is 25.6 Å². The fourth-order valence-electron chi connectivity index (χ4n) is 1.24. The van der Waals surface area contributed by atoms with Crippen molar-refractivity contribution < 1.29 is 22.8 Å². The molecule has 0 saturated carbocycles. The lowest BCUT2D eigenvalue weighted by atomic mass is 10.3. The number of aromatic nitrogens is 1. The highest BCUT2D eigenvalue weighted by molar-refractivity contribution is 8.13. The van der Waals surface area contributed by atoms with Gasteiger partial charge in [-0.25, -0.2) is 8.42 Å². The van der Waals surface area contributed by atoms with E-state index in [1.165, 1.54) is 6.07 Å². The molecule has 0 spiro atoms. The summed E-state index contributed by atoms with van der Waals surface area (Å²) in [4.78, 5) is 13.9. The van der Waals surface area contributed by atoms with E-state index in [4.69, 9.17) is 20.2 Å². The van der Waals surface area contributed by atoms with Crippen molar-refractivity contribution in [1.29, 1.82) is 0 Å². The van der Waals surface area contributed by atoms with Gasteiger partial charge in [0, 0.05) is 17.6 Å². The van der Waals surface area contributed by atoms with E-state index in [0.717, 1.165) is 0 Å². The molecule has 0 radical (unpaired) electrons. The first-order valence-corrected chi connectivity index (χ1v) is 8.02. The van der Waals surface area contributed by atoms with Crippen LogP contribution in [0.4, 0.5) is 5.82 Å². The van der Waals surface area contributed by atoms with Gasteiger partial charge in [0.25, 0.3) is 0 Å². The number of ether oxygens (including phenoxy) is 2. The molecule has 0 amide bonds. The van der Waals surface area contributed by atoms with Crippen LogP contribution >= 0.6 is 10.7 Å². The summed E-state index contributed by atoms with van der Waals surface area (Å²) in [5.41, 5.74) is 0.507. The normalized spacial score (nSPS) is 11.3. The van der Waals surface area contributed by atoms with Crippen molar-refractivity contribution in [3.63, 3.8) is 0 Å². The lowest BCUT2D eigenvalue weighted by molar-refractivity contribution is -0.390. The predicted octanol–water partition coefficient (Wildman–Crippen LogP) is 1.26. The van der Waals surface area contributed by atoms with Gasteiger partial charge >= 0.3 is 5.82 Å². The molecule has 20 heavy (non-hydrogen) atoms. The molecule has 0 fully saturated rings. The fraction of sp³-hybridized carbons (Fsp3) is 0.500. The number of nitro groups is 1. The number of aryl methyl sites for hydroxylation is 1. The second-order valence-corrected chi connectivity index (χ2v) is 6.63. The number of hydrogen-bond donors (Lipinski definition) is 0. The average molecular weight is 325 g/mol. The van der Waals surface area contributed by atoms with Crippen LogP contribution < -0.4 is 4.74 Å². The third kappa shape index (κ3) is 6.13. The van der Waals surface area contributed by atoms with E-state index in [2.05, 4.69) is 4.98 Å². The summed E-state index contributed by atoms with van der Waals surface area (Å²) in [6.07, 6.45) is 0. The maximum atomic E-state index is 10.8. The summed E-state index contributed by atoms with van der Waals surface area (Å²) >= 11 is 0. The molecule has 10 heteroatoms. The Morgan fingerprint density at radius 3 is 2.65 bits per heavy atom. The highest BCUT2D eigenvalue weighted by Crippen LogP contribution is 2.24. The predicted molar refractivity (Wildman–Crippen MR) is 71.6 cm³/mol. The number of hydrogen-bond acceptors (Lipinski definition) is 7. The molecule has 0 bridgehead atoms. The van der Waals surface area contributed by atoms with E-state index in [0.29, 0.717) is 5.69 Å². The van der Waals surface area contributed by atoms with Crippen molar-refractivity contribution in [3.05, 3.63) is 27.9 Å². The molecule has 0 N–H and O–H groups in total. The molecule has 0 atom stereocenters. The van der Waals surface area contributed by atoms with Crippen LogP contribution in [0, 0.1) is 17.0 Å². The SMILES string of the molecule is Cc1ccc(OCCOCCS(=O)(=O)Cl)c([N+](=O)[O-])n1. The third-order valence-corrected chi connectivity index (χ3v) is 3.23. The van der Waals surface area contributed by atoms with Gasteiger partial charge in [0.15, 0.2) is 0 Å². The summed E-state index contributed by atoms with van der Waals surface area (Å²) in [5, 5.41) is 10.8. The monoisotopic (exact) mass is 324 g/mol. The molecular weight excluding hydrogens is 312 g/mol. The van der Waals surface area contributed by atoms with Crippen molar-refractivity contribution >= 4 is 25.6 Å². The van der Waals surface area contributed by atoms with Crippen LogP contribution in [0.5, 0.6) is 5.75 Å². The lowest BCUT2D eigenvalue weighted by Crippen LogP contribution is -2.12. The van der Waals surface area contributed by atoms with Gasteiger partial charge in [-0.3, -0.25) is 0 Å². The van der Waals surface area contributed by atoms with Crippen LogP contribution in [0.2, 0.25) is 0 Å². The Hall–Kier alpha value is -1.45. The molecule has 8 nitrogen and oxygen atoms in total. The zero-order chi connectivity index (χ0) is 15.2. The second-order valence-electron chi connectivity index (χ2n) is 3.74. The molecule has 0 unspecified atom stereocenters. The maximum absolute atomic E-state index is 10.8. The molecule has 0 aliphatic carbocycles. The Bertz CT molecular complexity index is 577. The van der Waals surface area contributed by atoms with Crippen LogP contribution in [0.25, 0.3) is 0 Å². The number of rotatable bonds is 8. The molecule has 0 saturated heterocycles. The average Bonchev–Trinajstić information content (AvgIpc) is 2.33. The molecule has 112 valence electrons. The van der Waals surface area contributed by atoms with Gasteiger partial charge in [0.2, 0.25) is 14.8 Å². The Balaban J connectivity index is 2.41. The summed E-state index contributed by atoms with van der Waals surface area (Å²) in [7, 11) is 1.41. The number of nitrogens with zero attached hydrogens (tertiary/aromatic N) is 2. The first kappa shape index (κ1) is 16.6. The molecule has 1 aromatic heterocycles. The van der Waals surface area contributed by atoms with E-state index in [9.17, 15) is 18.5 Å². The Kier molecular flexibility index (Phi) is 6.11. The number of pyridine rings is 1. The molecule has 1 rings (SSSR count). The van der Waals surface area contributed by atoms with Crippen LogP contribution in [0.15, 0.2) is 12.1 Å². The molecule has 1 aromatic rings. The Morgan fingerprint density at radius 2 is 2.05 bits per heavy atom. The summed E-state index contributed by atoms with van der Waals surface area (Å²) in [5.74, 6) is -0.636. The Labute approximate surface area is 120 Å². The van der Waals surface area contributed by atoms with Gasteiger partial charge < -0.3 is 19.6 Å². The first-order valence-electron chi connectivity index (χ1n) is 5.54. The smallest absolute Gasteiger partial charge is 0.406 e. The minimum absolute atomic E-state index is 0.0356. The Morgan fingerprint density at radius 1 is 1.35 bits per heavy atom. The van der Waals surface area contributed by atoms with E-state index in [1.54, 1.807) is 13.0 Å². The van der Waals surface area contributed by atoms with Crippen molar-refractivity contribution in [1.82, 2.24) is 4.98 Å². The molecular formula is C10H13ClN2O6S. The van der Waals surface area contributed by atoms with Gasteiger partial charge in [-0.15, -0.1) is 0 Å².